The first-order chi connectivity index (χ1) is 12.0. The molecule has 0 amide bonds. The second kappa shape index (κ2) is 7.50. The Bertz CT molecular complexity index is 849. The maximum Gasteiger partial charge on any atom is 0.159 e. The molecule has 1 atom stereocenters. The summed E-state index contributed by atoms with van der Waals surface area (Å²) in [5.74, 6) is -2.25. The lowest BCUT2D eigenvalue weighted by molar-refractivity contribution is 0.173. The number of halogens is 3. The first-order valence-electron chi connectivity index (χ1n) is 7.66. The van der Waals surface area contributed by atoms with Gasteiger partial charge in [0.05, 0.1) is 18.0 Å². The molecule has 0 spiro atoms. The fraction of sp³-hybridized carbons (Fsp3) is 0.167. The van der Waals surface area contributed by atoms with Crippen LogP contribution in [-0.4, -0.2) is 21.4 Å². The highest BCUT2D eigenvalue weighted by atomic mass is 19.2. The molecular formula is C18H16F3N3O. The Balaban J connectivity index is 1.55. The maximum atomic E-state index is 13.2. The molecule has 0 fully saturated rings. The van der Waals surface area contributed by atoms with Crippen molar-refractivity contribution in [1.82, 2.24) is 15.1 Å². The second-order valence-corrected chi connectivity index (χ2v) is 5.59. The van der Waals surface area contributed by atoms with Crippen molar-refractivity contribution in [2.75, 3.05) is 6.54 Å². The van der Waals surface area contributed by atoms with Crippen molar-refractivity contribution < 1.29 is 18.3 Å². The first kappa shape index (κ1) is 17.2. The highest BCUT2D eigenvalue weighted by Gasteiger charge is 2.11. The van der Waals surface area contributed by atoms with Crippen LogP contribution in [0.3, 0.4) is 0 Å². The topological polar surface area (TPSA) is 50.1 Å². The third-order valence-corrected chi connectivity index (χ3v) is 3.72. The van der Waals surface area contributed by atoms with Crippen molar-refractivity contribution in [2.45, 2.75) is 12.6 Å². The summed E-state index contributed by atoms with van der Waals surface area (Å²) in [5.41, 5.74) is 1.89. The second-order valence-electron chi connectivity index (χ2n) is 5.59. The Morgan fingerprint density at radius 3 is 2.52 bits per heavy atom. The number of aliphatic hydroxyl groups is 1. The van der Waals surface area contributed by atoms with Gasteiger partial charge in [-0.25, -0.2) is 17.9 Å². The Kier molecular flexibility index (Phi) is 5.16. The molecule has 4 nitrogen and oxygen atoms in total. The van der Waals surface area contributed by atoms with Gasteiger partial charge < -0.3 is 10.4 Å². The molecule has 25 heavy (non-hydrogen) atoms. The molecule has 0 aliphatic carbocycles. The normalized spacial score (nSPS) is 12.3. The van der Waals surface area contributed by atoms with Crippen LogP contribution in [0.25, 0.3) is 5.69 Å². The molecule has 7 heteroatoms. The van der Waals surface area contributed by atoms with Crippen molar-refractivity contribution >= 4 is 0 Å². The van der Waals surface area contributed by atoms with E-state index in [0.29, 0.717) is 12.1 Å². The van der Waals surface area contributed by atoms with Crippen molar-refractivity contribution in [2.24, 2.45) is 0 Å². The summed E-state index contributed by atoms with van der Waals surface area (Å²) >= 11 is 0. The first-order valence-corrected chi connectivity index (χ1v) is 7.66. The van der Waals surface area contributed by atoms with Gasteiger partial charge in [-0.15, -0.1) is 0 Å². The minimum Gasteiger partial charge on any atom is -0.387 e. The van der Waals surface area contributed by atoms with Gasteiger partial charge >= 0.3 is 0 Å². The fourth-order valence-corrected chi connectivity index (χ4v) is 2.38. The number of aliphatic hydroxyl groups excluding tert-OH is 1. The molecule has 1 aromatic heterocycles. The van der Waals surface area contributed by atoms with Crippen LogP contribution >= 0.6 is 0 Å². The van der Waals surface area contributed by atoms with Crippen LogP contribution in [0.5, 0.6) is 0 Å². The van der Waals surface area contributed by atoms with Crippen LogP contribution in [0, 0.1) is 17.5 Å². The monoisotopic (exact) mass is 347 g/mol. The highest BCUT2D eigenvalue weighted by Crippen LogP contribution is 2.16. The van der Waals surface area contributed by atoms with E-state index < -0.39 is 17.7 Å². The Hall–Kier alpha value is -2.64. The minimum absolute atomic E-state index is 0.173. The van der Waals surface area contributed by atoms with Crippen molar-refractivity contribution in [3.8, 4) is 5.69 Å². The van der Waals surface area contributed by atoms with Gasteiger partial charge in [-0.3, -0.25) is 0 Å². The lowest BCUT2D eigenvalue weighted by atomic mass is 10.1. The number of aromatic nitrogens is 2. The summed E-state index contributed by atoms with van der Waals surface area (Å²) in [5, 5.41) is 17.2. The minimum atomic E-state index is -0.989. The predicted molar refractivity (Wildman–Crippen MR) is 86.5 cm³/mol. The van der Waals surface area contributed by atoms with Gasteiger partial charge in [0.1, 0.15) is 5.82 Å². The van der Waals surface area contributed by atoms with Gasteiger partial charge in [0.15, 0.2) is 11.6 Å². The Labute approximate surface area is 142 Å². The number of nitrogens with one attached hydrogen (secondary N) is 1. The molecule has 2 aromatic carbocycles. The van der Waals surface area contributed by atoms with Crippen molar-refractivity contribution in [3.63, 3.8) is 0 Å². The standard InChI is InChI=1S/C18H16F3N3O/c19-14-2-4-15(5-3-14)24-11-12(9-23-24)8-22-10-18(25)13-1-6-16(20)17(21)7-13/h1-7,9,11,18,22,25H,8,10H2/t18-/m0/s1. The zero-order valence-electron chi connectivity index (χ0n) is 13.2. The molecule has 1 heterocycles. The van der Waals surface area contributed by atoms with E-state index in [0.717, 1.165) is 23.4 Å². The van der Waals surface area contributed by atoms with Gasteiger partial charge in [0.2, 0.25) is 0 Å². The molecule has 0 unspecified atom stereocenters. The van der Waals surface area contributed by atoms with Crippen molar-refractivity contribution in [1.29, 1.82) is 0 Å². The Morgan fingerprint density at radius 1 is 1.04 bits per heavy atom. The number of hydrogen-bond donors (Lipinski definition) is 2. The summed E-state index contributed by atoms with van der Waals surface area (Å²) in [6, 6.07) is 9.26. The number of nitrogens with zero attached hydrogens (tertiary/aromatic N) is 2. The van der Waals surface area contributed by atoms with E-state index in [1.807, 2.05) is 0 Å². The zero-order chi connectivity index (χ0) is 17.8. The third kappa shape index (κ3) is 4.26. The van der Waals surface area contributed by atoms with E-state index >= 15 is 0 Å². The fourth-order valence-electron chi connectivity index (χ4n) is 2.38. The van der Waals surface area contributed by atoms with E-state index in [1.54, 1.807) is 29.2 Å². The molecule has 0 aliphatic heterocycles. The molecule has 3 aromatic rings. The summed E-state index contributed by atoms with van der Waals surface area (Å²) in [6.45, 7) is 0.606. The lowest BCUT2D eigenvalue weighted by Crippen LogP contribution is -2.21. The highest BCUT2D eigenvalue weighted by molar-refractivity contribution is 5.31. The molecule has 0 saturated carbocycles. The number of benzene rings is 2. The SMILES string of the molecule is O[C@@H](CNCc1cnn(-c2ccc(F)cc2)c1)c1ccc(F)c(F)c1. The number of rotatable bonds is 6. The van der Waals surface area contributed by atoms with Crippen LogP contribution in [0.15, 0.2) is 54.9 Å². The predicted octanol–water partition coefficient (Wildman–Crippen LogP) is 3.11. The summed E-state index contributed by atoms with van der Waals surface area (Å²) in [7, 11) is 0. The van der Waals surface area contributed by atoms with Crippen LogP contribution < -0.4 is 5.32 Å². The average molecular weight is 347 g/mol. The molecule has 0 bridgehead atoms. The maximum absolute atomic E-state index is 13.2. The van der Waals surface area contributed by atoms with Crippen molar-refractivity contribution in [3.05, 3.63) is 83.4 Å². The number of hydrogen-bond acceptors (Lipinski definition) is 3. The quantitative estimate of drug-likeness (QED) is 0.720. The van der Waals surface area contributed by atoms with Gasteiger partial charge in [0, 0.05) is 24.8 Å². The van der Waals surface area contributed by atoms with Gasteiger partial charge in [-0.1, -0.05) is 6.07 Å². The smallest absolute Gasteiger partial charge is 0.159 e. The molecule has 130 valence electrons. The molecule has 0 radical (unpaired) electrons. The average Bonchev–Trinajstić information content (AvgIpc) is 3.06. The molecule has 0 saturated heterocycles. The van der Waals surface area contributed by atoms with Crippen LogP contribution in [0.4, 0.5) is 13.2 Å². The van der Waals surface area contributed by atoms with Gasteiger partial charge in [-0.05, 0) is 42.0 Å². The van der Waals surface area contributed by atoms with Gasteiger partial charge in [0.25, 0.3) is 0 Å². The third-order valence-electron chi connectivity index (χ3n) is 3.72. The van der Waals surface area contributed by atoms with Crippen LogP contribution in [0.2, 0.25) is 0 Å². The Morgan fingerprint density at radius 2 is 1.80 bits per heavy atom. The molecule has 0 aliphatic rings. The van der Waals surface area contributed by atoms with E-state index in [-0.39, 0.29) is 12.4 Å². The van der Waals surface area contributed by atoms with E-state index in [2.05, 4.69) is 10.4 Å². The van der Waals surface area contributed by atoms with Crippen LogP contribution in [-0.2, 0) is 6.54 Å². The summed E-state index contributed by atoms with van der Waals surface area (Å²) in [4.78, 5) is 0. The lowest BCUT2D eigenvalue weighted by Gasteiger charge is -2.12. The van der Waals surface area contributed by atoms with E-state index in [1.165, 1.54) is 18.2 Å². The molecular weight excluding hydrogens is 331 g/mol. The molecule has 2 N–H and O–H groups in total. The van der Waals surface area contributed by atoms with E-state index in [4.69, 9.17) is 0 Å². The zero-order valence-corrected chi connectivity index (χ0v) is 13.2. The van der Waals surface area contributed by atoms with E-state index in [9.17, 15) is 18.3 Å². The molecule has 3 rings (SSSR count). The summed E-state index contributed by atoms with van der Waals surface area (Å²) in [6.07, 6.45) is 2.48. The summed E-state index contributed by atoms with van der Waals surface area (Å²) < 4.78 is 40.6. The van der Waals surface area contributed by atoms with Gasteiger partial charge in [-0.2, -0.15) is 5.10 Å². The van der Waals surface area contributed by atoms with Crippen LogP contribution in [0.1, 0.15) is 17.2 Å². The largest absolute Gasteiger partial charge is 0.387 e.